The van der Waals surface area contributed by atoms with E-state index in [-0.39, 0.29) is 5.75 Å². The van der Waals surface area contributed by atoms with E-state index in [0.29, 0.717) is 29.8 Å². The summed E-state index contributed by atoms with van der Waals surface area (Å²) in [6, 6.07) is 17.8. The standard InChI is InChI=1S/C22H20O4/c1-2-3-14-25-19-12-10-17(11-13-19)22(24)26-21-18(15-23)9-8-16-6-4-5-7-20(16)21/h4-13,15H,2-3,14H2,1H3. The van der Waals surface area contributed by atoms with Crippen molar-refractivity contribution >= 4 is 23.0 Å². The predicted molar refractivity (Wildman–Crippen MR) is 101 cm³/mol. The van der Waals surface area contributed by atoms with Gasteiger partial charge in [-0.1, -0.05) is 43.7 Å². The summed E-state index contributed by atoms with van der Waals surface area (Å²) >= 11 is 0. The maximum atomic E-state index is 12.5. The number of ether oxygens (including phenoxy) is 2. The largest absolute Gasteiger partial charge is 0.494 e. The highest BCUT2D eigenvalue weighted by atomic mass is 16.5. The van der Waals surface area contributed by atoms with Crippen LogP contribution in [0.15, 0.2) is 60.7 Å². The van der Waals surface area contributed by atoms with Crippen LogP contribution in [0.25, 0.3) is 10.8 Å². The summed E-state index contributed by atoms with van der Waals surface area (Å²) in [5, 5.41) is 1.63. The molecule has 0 unspecified atom stereocenters. The Hall–Kier alpha value is -3.14. The third-order valence-corrected chi connectivity index (χ3v) is 4.09. The fourth-order valence-corrected chi connectivity index (χ4v) is 2.64. The normalized spacial score (nSPS) is 10.5. The lowest BCUT2D eigenvalue weighted by Gasteiger charge is -2.11. The number of carbonyl (C=O) groups excluding carboxylic acids is 2. The van der Waals surface area contributed by atoms with Gasteiger partial charge >= 0.3 is 5.97 Å². The SMILES string of the molecule is CCCCOc1ccc(C(=O)Oc2c(C=O)ccc3ccccc23)cc1. The van der Waals surface area contributed by atoms with Gasteiger partial charge in [-0.2, -0.15) is 0 Å². The van der Waals surface area contributed by atoms with Crippen molar-refractivity contribution in [2.75, 3.05) is 6.61 Å². The number of unbranched alkanes of at least 4 members (excludes halogenated alkanes) is 1. The van der Waals surface area contributed by atoms with Gasteiger partial charge in [0.2, 0.25) is 0 Å². The highest BCUT2D eigenvalue weighted by Crippen LogP contribution is 2.29. The van der Waals surface area contributed by atoms with E-state index in [1.807, 2.05) is 30.3 Å². The number of carbonyl (C=O) groups is 2. The molecule has 4 nitrogen and oxygen atoms in total. The van der Waals surface area contributed by atoms with Gasteiger partial charge < -0.3 is 9.47 Å². The van der Waals surface area contributed by atoms with Gasteiger partial charge in [-0.05, 0) is 42.1 Å². The van der Waals surface area contributed by atoms with Gasteiger partial charge in [-0.25, -0.2) is 4.79 Å². The van der Waals surface area contributed by atoms with Crippen molar-refractivity contribution in [3.05, 3.63) is 71.8 Å². The molecule has 132 valence electrons. The van der Waals surface area contributed by atoms with Gasteiger partial charge in [0.1, 0.15) is 11.5 Å². The molecule has 0 amide bonds. The van der Waals surface area contributed by atoms with Crippen LogP contribution in [0.1, 0.15) is 40.5 Å². The lowest BCUT2D eigenvalue weighted by atomic mass is 10.1. The molecule has 4 heteroatoms. The highest BCUT2D eigenvalue weighted by Gasteiger charge is 2.15. The van der Waals surface area contributed by atoms with Gasteiger partial charge in [0.05, 0.1) is 17.7 Å². The fraction of sp³-hybridized carbons (Fsp3) is 0.182. The monoisotopic (exact) mass is 348 g/mol. The fourth-order valence-electron chi connectivity index (χ4n) is 2.64. The van der Waals surface area contributed by atoms with E-state index in [1.54, 1.807) is 30.3 Å². The van der Waals surface area contributed by atoms with Crippen LogP contribution in [0.4, 0.5) is 0 Å². The molecule has 0 saturated carbocycles. The Balaban J connectivity index is 1.82. The topological polar surface area (TPSA) is 52.6 Å². The molecule has 0 atom stereocenters. The second kappa shape index (κ2) is 8.30. The van der Waals surface area contributed by atoms with Gasteiger partial charge in [0, 0.05) is 5.39 Å². The van der Waals surface area contributed by atoms with Gasteiger partial charge in [-0.15, -0.1) is 0 Å². The molecule has 3 rings (SSSR count). The van der Waals surface area contributed by atoms with E-state index in [1.165, 1.54) is 0 Å². The molecule has 0 aromatic heterocycles. The van der Waals surface area contributed by atoms with Gasteiger partial charge in [0.25, 0.3) is 0 Å². The molecular weight excluding hydrogens is 328 g/mol. The van der Waals surface area contributed by atoms with Crippen molar-refractivity contribution in [1.82, 2.24) is 0 Å². The second-order valence-corrected chi connectivity index (χ2v) is 5.94. The second-order valence-electron chi connectivity index (χ2n) is 5.94. The molecule has 0 aliphatic carbocycles. The molecule has 0 N–H and O–H groups in total. The number of hydrogen-bond donors (Lipinski definition) is 0. The Bertz CT molecular complexity index is 913. The molecule has 26 heavy (non-hydrogen) atoms. The average molecular weight is 348 g/mol. The molecule has 0 fully saturated rings. The third kappa shape index (κ3) is 3.91. The number of benzene rings is 3. The van der Waals surface area contributed by atoms with Crippen LogP contribution in [0.2, 0.25) is 0 Å². The van der Waals surface area contributed by atoms with E-state index in [4.69, 9.17) is 9.47 Å². The molecule has 3 aromatic carbocycles. The first-order valence-electron chi connectivity index (χ1n) is 8.65. The summed E-state index contributed by atoms with van der Waals surface area (Å²) in [5.74, 6) is 0.490. The zero-order valence-corrected chi connectivity index (χ0v) is 14.6. The van der Waals surface area contributed by atoms with Crippen molar-refractivity contribution in [3.8, 4) is 11.5 Å². The Kier molecular flexibility index (Phi) is 5.64. The average Bonchev–Trinajstić information content (AvgIpc) is 2.69. The first kappa shape index (κ1) is 17.7. The van der Waals surface area contributed by atoms with Crippen LogP contribution >= 0.6 is 0 Å². The molecule has 0 radical (unpaired) electrons. The quantitative estimate of drug-likeness (QED) is 0.259. The van der Waals surface area contributed by atoms with E-state index < -0.39 is 5.97 Å². The minimum atomic E-state index is -0.510. The van der Waals surface area contributed by atoms with E-state index >= 15 is 0 Å². The number of rotatable bonds is 7. The Morgan fingerprint density at radius 3 is 2.50 bits per heavy atom. The van der Waals surface area contributed by atoms with Crippen molar-refractivity contribution in [2.45, 2.75) is 19.8 Å². The first-order valence-corrected chi connectivity index (χ1v) is 8.65. The molecule has 0 aliphatic rings. The summed E-state index contributed by atoms with van der Waals surface area (Å²) in [6.07, 6.45) is 2.74. The van der Waals surface area contributed by atoms with E-state index in [2.05, 4.69) is 6.92 Å². The predicted octanol–water partition coefficient (Wildman–Crippen LogP) is 5.05. The van der Waals surface area contributed by atoms with Crippen LogP contribution in [0, 0.1) is 0 Å². The first-order chi connectivity index (χ1) is 12.7. The minimum Gasteiger partial charge on any atom is -0.494 e. The summed E-state index contributed by atoms with van der Waals surface area (Å²) in [7, 11) is 0. The van der Waals surface area contributed by atoms with Crippen molar-refractivity contribution in [1.29, 1.82) is 0 Å². The van der Waals surface area contributed by atoms with Gasteiger partial charge in [0.15, 0.2) is 6.29 Å². The van der Waals surface area contributed by atoms with E-state index in [0.717, 1.165) is 23.6 Å². The summed E-state index contributed by atoms with van der Waals surface area (Å²) in [4.78, 5) is 23.9. The number of fused-ring (bicyclic) bond motifs is 1. The Morgan fingerprint density at radius 1 is 1.00 bits per heavy atom. The molecule has 0 saturated heterocycles. The van der Waals surface area contributed by atoms with Crippen molar-refractivity contribution < 1.29 is 19.1 Å². The van der Waals surface area contributed by atoms with Crippen LogP contribution < -0.4 is 9.47 Å². The summed E-state index contributed by atoms with van der Waals surface area (Å²) in [5.41, 5.74) is 0.745. The lowest BCUT2D eigenvalue weighted by Crippen LogP contribution is -2.10. The Morgan fingerprint density at radius 2 is 1.77 bits per heavy atom. The van der Waals surface area contributed by atoms with Crippen molar-refractivity contribution in [3.63, 3.8) is 0 Å². The van der Waals surface area contributed by atoms with Crippen LogP contribution in [-0.4, -0.2) is 18.9 Å². The van der Waals surface area contributed by atoms with Gasteiger partial charge in [-0.3, -0.25) is 4.79 Å². The summed E-state index contributed by atoms with van der Waals surface area (Å²) < 4.78 is 11.2. The molecule has 0 spiro atoms. The smallest absolute Gasteiger partial charge is 0.343 e. The zero-order valence-electron chi connectivity index (χ0n) is 14.6. The van der Waals surface area contributed by atoms with E-state index in [9.17, 15) is 9.59 Å². The maximum absolute atomic E-state index is 12.5. The third-order valence-electron chi connectivity index (χ3n) is 4.09. The molecule has 3 aromatic rings. The summed E-state index contributed by atoms with van der Waals surface area (Å²) in [6.45, 7) is 2.75. The van der Waals surface area contributed by atoms with Crippen LogP contribution in [-0.2, 0) is 0 Å². The maximum Gasteiger partial charge on any atom is 0.343 e. The highest BCUT2D eigenvalue weighted by molar-refractivity contribution is 6.00. The Labute approximate surface area is 152 Å². The zero-order chi connectivity index (χ0) is 18.4. The van der Waals surface area contributed by atoms with Crippen LogP contribution in [0.5, 0.6) is 11.5 Å². The van der Waals surface area contributed by atoms with Crippen molar-refractivity contribution in [2.24, 2.45) is 0 Å². The number of hydrogen-bond acceptors (Lipinski definition) is 4. The molecule has 0 bridgehead atoms. The lowest BCUT2D eigenvalue weighted by molar-refractivity contribution is 0.0736. The van der Waals surface area contributed by atoms with Crippen LogP contribution in [0.3, 0.4) is 0 Å². The molecule has 0 heterocycles. The number of esters is 1. The molecule has 0 aliphatic heterocycles. The number of aldehydes is 1. The minimum absolute atomic E-state index is 0.284. The molecular formula is C22H20O4.